The summed E-state index contributed by atoms with van der Waals surface area (Å²) in [6.45, 7) is 9.65. The molecule has 0 bridgehead atoms. The van der Waals surface area contributed by atoms with Crippen LogP contribution in [-0.4, -0.2) is 6.61 Å². The average molecular weight is 268 g/mol. The highest BCUT2D eigenvalue weighted by molar-refractivity contribution is 5.53. The van der Waals surface area contributed by atoms with E-state index >= 15 is 0 Å². The number of benzene rings is 1. The fourth-order valence-electron chi connectivity index (χ4n) is 2.60. The first-order valence-corrected chi connectivity index (χ1v) is 6.79. The summed E-state index contributed by atoms with van der Waals surface area (Å²) in [5.74, 6) is -2.26. The Kier molecular flexibility index (Phi) is 3.36. The summed E-state index contributed by atoms with van der Waals surface area (Å²) in [6, 6.07) is 3.79. The standard InChI is InChI=1S/C16H22F2O/c1-10(2)12-7-6-11(8-15(3,4)5)13-14(12)19-9-16(13,17)18/h6-7,10H,8-9H2,1-5H3. The van der Waals surface area contributed by atoms with Crippen LogP contribution in [0.5, 0.6) is 5.75 Å². The van der Waals surface area contributed by atoms with Gasteiger partial charge in [-0.05, 0) is 28.9 Å². The minimum absolute atomic E-state index is 0.0220. The molecule has 0 aliphatic carbocycles. The highest BCUT2D eigenvalue weighted by Crippen LogP contribution is 2.48. The normalized spacial score (nSPS) is 17.5. The first-order valence-electron chi connectivity index (χ1n) is 6.79. The van der Waals surface area contributed by atoms with Crippen LogP contribution in [0.3, 0.4) is 0 Å². The minimum Gasteiger partial charge on any atom is -0.486 e. The monoisotopic (exact) mass is 268 g/mol. The maximum atomic E-state index is 14.1. The second kappa shape index (κ2) is 4.46. The topological polar surface area (TPSA) is 9.23 Å². The van der Waals surface area contributed by atoms with Crippen molar-refractivity contribution in [2.75, 3.05) is 6.61 Å². The summed E-state index contributed by atoms with van der Waals surface area (Å²) in [5, 5.41) is 0. The molecule has 1 aromatic carbocycles. The predicted octanol–water partition coefficient (Wildman–Crippen LogP) is 4.88. The predicted molar refractivity (Wildman–Crippen MR) is 73.1 cm³/mol. The molecule has 0 saturated heterocycles. The van der Waals surface area contributed by atoms with Gasteiger partial charge in [0, 0.05) is 0 Å². The molecule has 0 aromatic heterocycles. The van der Waals surface area contributed by atoms with Gasteiger partial charge >= 0.3 is 5.92 Å². The van der Waals surface area contributed by atoms with Gasteiger partial charge in [0.15, 0.2) is 6.61 Å². The van der Waals surface area contributed by atoms with Crippen molar-refractivity contribution < 1.29 is 13.5 Å². The van der Waals surface area contributed by atoms with Gasteiger partial charge in [0.05, 0.1) is 5.56 Å². The molecule has 0 amide bonds. The van der Waals surface area contributed by atoms with Gasteiger partial charge < -0.3 is 4.74 Å². The first kappa shape index (κ1) is 14.3. The second-order valence-corrected chi connectivity index (χ2v) is 6.90. The van der Waals surface area contributed by atoms with Gasteiger partial charge in [0.25, 0.3) is 0 Å². The van der Waals surface area contributed by atoms with Crippen LogP contribution in [0.25, 0.3) is 0 Å². The molecule has 1 heterocycles. The van der Waals surface area contributed by atoms with Crippen LogP contribution in [0.1, 0.15) is 57.2 Å². The Hall–Kier alpha value is -1.12. The Balaban J connectivity index is 2.57. The molecule has 1 nitrogen and oxygen atoms in total. The summed E-state index contributed by atoms with van der Waals surface area (Å²) in [7, 11) is 0. The lowest BCUT2D eigenvalue weighted by Crippen LogP contribution is -2.19. The van der Waals surface area contributed by atoms with Crippen LogP contribution in [0.4, 0.5) is 8.78 Å². The summed E-state index contributed by atoms with van der Waals surface area (Å²) in [4.78, 5) is 0. The van der Waals surface area contributed by atoms with E-state index in [-0.39, 0.29) is 16.9 Å². The molecule has 0 radical (unpaired) electrons. The van der Waals surface area contributed by atoms with Crippen LogP contribution in [0, 0.1) is 5.41 Å². The molecule has 0 atom stereocenters. The minimum atomic E-state index is -2.86. The largest absolute Gasteiger partial charge is 0.486 e. The molecular formula is C16H22F2O. The molecule has 1 aliphatic rings. The Morgan fingerprint density at radius 2 is 1.89 bits per heavy atom. The van der Waals surface area contributed by atoms with Crippen LogP contribution >= 0.6 is 0 Å². The third-order valence-corrected chi connectivity index (χ3v) is 3.38. The van der Waals surface area contributed by atoms with Crippen molar-refractivity contribution in [2.24, 2.45) is 5.41 Å². The summed E-state index contributed by atoms with van der Waals surface area (Å²) in [5.41, 5.74) is 1.69. The number of fused-ring (bicyclic) bond motifs is 1. The van der Waals surface area contributed by atoms with Crippen molar-refractivity contribution in [3.05, 3.63) is 28.8 Å². The Labute approximate surface area is 114 Å². The fraction of sp³-hybridized carbons (Fsp3) is 0.625. The zero-order valence-corrected chi connectivity index (χ0v) is 12.3. The van der Waals surface area contributed by atoms with Crippen molar-refractivity contribution in [3.8, 4) is 5.75 Å². The maximum absolute atomic E-state index is 14.1. The van der Waals surface area contributed by atoms with E-state index in [1.807, 2.05) is 26.0 Å². The molecule has 1 aliphatic heterocycles. The van der Waals surface area contributed by atoms with Crippen molar-refractivity contribution in [1.82, 2.24) is 0 Å². The van der Waals surface area contributed by atoms with E-state index in [0.717, 1.165) is 11.1 Å². The molecule has 0 saturated carbocycles. The third kappa shape index (κ3) is 2.75. The highest BCUT2D eigenvalue weighted by Gasteiger charge is 2.45. The van der Waals surface area contributed by atoms with E-state index in [0.29, 0.717) is 12.2 Å². The lowest BCUT2D eigenvalue weighted by atomic mass is 9.83. The Morgan fingerprint density at radius 3 is 2.42 bits per heavy atom. The molecule has 106 valence electrons. The zero-order chi connectivity index (χ0) is 14.4. The average Bonchev–Trinajstić information content (AvgIpc) is 2.53. The number of halogens is 2. The van der Waals surface area contributed by atoms with Crippen molar-refractivity contribution in [2.45, 2.75) is 52.9 Å². The molecule has 3 heteroatoms. The molecule has 0 N–H and O–H groups in total. The van der Waals surface area contributed by atoms with Gasteiger partial charge in [0.2, 0.25) is 0 Å². The smallest absolute Gasteiger partial charge is 0.310 e. The van der Waals surface area contributed by atoms with Gasteiger partial charge in [-0.2, -0.15) is 8.78 Å². The maximum Gasteiger partial charge on any atom is 0.310 e. The lowest BCUT2D eigenvalue weighted by molar-refractivity contribution is -0.0221. The molecule has 1 aromatic rings. The van der Waals surface area contributed by atoms with E-state index in [2.05, 4.69) is 20.8 Å². The Morgan fingerprint density at radius 1 is 1.26 bits per heavy atom. The van der Waals surface area contributed by atoms with Gasteiger partial charge in [-0.15, -0.1) is 0 Å². The van der Waals surface area contributed by atoms with Crippen LogP contribution in [-0.2, 0) is 12.3 Å². The number of ether oxygens (including phenoxy) is 1. The van der Waals surface area contributed by atoms with Crippen LogP contribution < -0.4 is 4.74 Å². The number of rotatable bonds is 2. The van der Waals surface area contributed by atoms with E-state index < -0.39 is 12.5 Å². The van der Waals surface area contributed by atoms with Gasteiger partial charge in [0.1, 0.15) is 5.75 Å². The Bertz CT molecular complexity index is 484. The van der Waals surface area contributed by atoms with Gasteiger partial charge in [-0.1, -0.05) is 46.8 Å². The van der Waals surface area contributed by atoms with Crippen LogP contribution in [0.15, 0.2) is 12.1 Å². The lowest BCUT2D eigenvalue weighted by Gasteiger charge is -2.22. The number of hydrogen-bond donors (Lipinski definition) is 0. The van der Waals surface area contributed by atoms with E-state index in [9.17, 15) is 8.78 Å². The quantitative estimate of drug-likeness (QED) is 0.742. The van der Waals surface area contributed by atoms with E-state index in [4.69, 9.17) is 4.74 Å². The van der Waals surface area contributed by atoms with Crippen molar-refractivity contribution in [1.29, 1.82) is 0 Å². The highest BCUT2D eigenvalue weighted by atomic mass is 19.3. The van der Waals surface area contributed by atoms with Crippen molar-refractivity contribution in [3.63, 3.8) is 0 Å². The van der Waals surface area contributed by atoms with Gasteiger partial charge in [-0.25, -0.2) is 0 Å². The number of hydrogen-bond acceptors (Lipinski definition) is 1. The first-order chi connectivity index (χ1) is 8.62. The third-order valence-electron chi connectivity index (χ3n) is 3.38. The summed E-state index contributed by atoms with van der Waals surface area (Å²) >= 11 is 0. The molecule has 19 heavy (non-hydrogen) atoms. The molecule has 0 fully saturated rings. The summed E-state index contributed by atoms with van der Waals surface area (Å²) in [6.07, 6.45) is 0.632. The second-order valence-electron chi connectivity index (χ2n) is 6.90. The molecule has 2 rings (SSSR count). The fourth-order valence-corrected chi connectivity index (χ4v) is 2.60. The van der Waals surface area contributed by atoms with Crippen LogP contribution in [0.2, 0.25) is 0 Å². The van der Waals surface area contributed by atoms with E-state index in [1.165, 1.54) is 0 Å². The molecule has 0 unspecified atom stereocenters. The SMILES string of the molecule is CC(C)c1ccc(CC(C)(C)C)c2c1OCC2(F)F. The number of alkyl halides is 2. The van der Waals surface area contributed by atoms with Gasteiger partial charge in [-0.3, -0.25) is 0 Å². The zero-order valence-electron chi connectivity index (χ0n) is 12.3. The van der Waals surface area contributed by atoms with Crippen molar-refractivity contribution >= 4 is 0 Å². The molecule has 0 spiro atoms. The molecular weight excluding hydrogens is 246 g/mol. The summed E-state index contributed by atoms with van der Waals surface area (Å²) < 4.78 is 33.5. The van der Waals surface area contributed by atoms with E-state index in [1.54, 1.807) is 0 Å².